The second-order valence-corrected chi connectivity index (χ2v) is 5.62. The largest absolute Gasteiger partial charge is 0.452 e. The van der Waals surface area contributed by atoms with Gasteiger partial charge in [-0.05, 0) is 38.3 Å². The maximum atomic E-state index is 10.7. The standard InChI is InChI=1S/C13H18O6S/c1-4-12(14)19-9-8-10(2)6-5-7-11(3)13(15)20(16,17)18/h1,7-8,13,15H,5-6,9H2,2-3H3,(H,16,17,18). The lowest BCUT2D eigenvalue weighted by molar-refractivity contribution is -0.135. The molecule has 0 amide bonds. The molecule has 0 saturated heterocycles. The lowest BCUT2D eigenvalue weighted by atomic mass is 10.1. The van der Waals surface area contributed by atoms with E-state index in [0.717, 1.165) is 5.57 Å². The number of hydrogen-bond donors (Lipinski definition) is 2. The van der Waals surface area contributed by atoms with Crippen molar-refractivity contribution in [2.45, 2.75) is 32.1 Å². The molecule has 0 aliphatic heterocycles. The molecule has 6 nitrogen and oxygen atoms in total. The van der Waals surface area contributed by atoms with Crippen LogP contribution < -0.4 is 0 Å². The Morgan fingerprint density at radius 3 is 2.50 bits per heavy atom. The van der Waals surface area contributed by atoms with E-state index in [9.17, 15) is 18.3 Å². The highest BCUT2D eigenvalue weighted by Crippen LogP contribution is 2.11. The van der Waals surface area contributed by atoms with Gasteiger partial charge in [-0.25, -0.2) is 4.79 Å². The number of aliphatic hydroxyl groups is 1. The quantitative estimate of drug-likeness (QED) is 0.240. The third kappa shape index (κ3) is 7.74. The van der Waals surface area contributed by atoms with Crippen LogP contribution in [0.1, 0.15) is 26.7 Å². The van der Waals surface area contributed by atoms with E-state index in [4.69, 9.17) is 11.0 Å². The van der Waals surface area contributed by atoms with Gasteiger partial charge in [-0.15, -0.1) is 6.42 Å². The maximum Gasteiger partial charge on any atom is 0.384 e. The van der Waals surface area contributed by atoms with Crippen LogP contribution in [-0.4, -0.2) is 36.1 Å². The molecule has 0 heterocycles. The third-order valence-electron chi connectivity index (χ3n) is 2.44. The van der Waals surface area contributed by atoms with E-state index in [-0.39, 0.29) is 12.2 Å². The molecule has 0 radical (unpaired) electrons. The van der Waals surface area contributed by atoms with Crippen molar-refractivity contribution >= 4 is 16.1 Å². The second kappa shape index (κ2) is 8.53. The van der Waals surface area contributed by atoms with Crippen LogP contribution in [0.4, 0.5) is 0 Å². The maximum absolute atomic E-state index is 10.7. The number of hydrogen-bond acceptors (Lipinski definition) is 5. The van der Waals surface area contributed by atoms with Gasteiger partial charge in [0.25, 0.3) is 10.1 Å². The highest BCUT2D eigenvalue weighted by Gasteiger charge is 2.20. The van der Waals surface area contributed by atoms with Crippen LogP contribution in [-0.2, 0) is 19.6 Å². The van der Waals surface area contributed by atoms with Gasteiger partial charge in [0.2, 0.25) is 5.44 Å². The number of carbonyl (C=O) groups excluding carboxylic acids is 1. The molecular formula is C13H18O6S. The van der Waals surface area contributed by atoms with Gasteiger partial charge in [0, 0.05) is 5.92 Å². The van der Waals surface area contributed by atoms with Crippen LogP contribution in [0.25, 0.3) is 0 Å². The van der Waals surface area contributed by atoms with Gasteiger partial charge in [-0.3, -0.25) is 4.55 Å². The Morgan fingerprint density at radius 1 is 1.40 bits per heavy atom. The van der Waals surface area contributed by atoms with Crippen LogP contribution >= 0.6 is 0 Å². The van der Waals surface area contributed by atoms with E-state index < -0.39 is 21.5 Å². The number of rotatable bonds is 7. The molecule has 0 aromatic heterocycles. The van der Waals surface area contributed by atoms with Crippen LogP contribution in [0.3, 0.4) is 0 Å². The van der Waals surface area contributed by atoms with E-state index in [1.54, 1.807) is 6.08 Å². The summed E-state index contributed by atoms with van der Waals surface area (Å²) in [5, 5.41) is 9.25. The fourth-order valence-corrected chi connectivity index (χ4v) is 1.83. The van der Waals surface area contributed by atoms with Crippen LogP contribution in [0.15, 0.2) is 23.3 Å². The van der Waals surface area contributed by atoms with E-state index in [1.165, 1.54) is 13.0 Å². The first-order valence-electron chi connectivity index (χ1n) is 5.78. The molecule has 0 spiro atoms. The smallest absolute Gasteiger partial charge is 0.384 e. The highest BCUT2D eigenvalue weighted by molar-refractivity contribution is 7.86. The summed E-state index contributed by atoms with van der Waals surface area (Å²) in [6, 6.07) is 0. The zero-order valence-electron chi connectivity index (χ0n) is 11.4. The van der Waals surface area contributed by atoms with Crippen molar-refractivity contribution in [3.8, 4) is 12.3 Å². The highest BCUT2D eigenvalue weighted by atomic mass is 32.2. The number of ether oxygens (including phenoxy) is 1. The summed E-state index contributed by atoms with van der Waals surface area (Å²) in [7, 11) is -4.48. The summed E-state index contributed by atoms with van der Waals surface area (Å²) in [5.74, 6) is 1.08. The summed E-state index contributed by atoms with van der Waals surface area (Å²) in [5.41, 5.74) is -0.831. The van der Waals surface area contributed by atoms with E-state index in [2.05, 4.69) is 4.74 Å². The Bertz CT molecular complexity index is 536. The molecule has 1 unspecified atom stereocenters. The first kappa shape index (κ1) is 18.4. The Balaban J connectivity index is 4.26. The molecule has 0 bridgehead atoms. The molecule has 7 heteroatoms. The molecule has 112 valence electrons. The molecule has 0 saturated carbocycles. The lowest BCUT2D eigenvalue weighted by Crippen LogP contribution is -2.20. The monoisotopic (exact) mass is 302 g/mol. The van der Waals surface area contributed by atoms with Crippen molar-refractivity contribution in [1.29, 1.82) is 0 Å². The van der Waals surface area contributed by atoms with Crippen LogP contribution in [0.5, 0.6) is 0 Å². The van der Waals surface area contributed by atoms with E-state index in [1.807, 2.05) is 12.8 Å². The average molecular weight is 302 g/mol. The van der Waals surface area contributed by atoms with E-state index in [0.29, 0.717) is 12.8 Å². The minimum Gasteiger partial charge on any atom is -0.452 e. The first-order valence-corrected chi connectivity index (χ1v) is 7.28. The van der Waals surface area contributed by atoms with Crippen molar-refractivity contribution in [3.63, 3.8) is 0 Å². The Hall–Kier alpha value is -1.62. The van der Waals surface area contributed by atoms with Crippen molar-refractivity contribution in [3.05, 3.63) is 23.3 Å². The van der Waals surface area contributed by atoms with Gasteiger partial charge in [-0.1, -0.05) is 11.6 Å². The fourth-order valence-electron chi connectivity index (χ4n) is 1.27. The molecule has 1 atom stereocenters. The number of carbonyl (C=O) groups is 1. The minimum absolute atomic E-state index is 0.0746. The normalized spacial score (nSPS) is 14.6. The predicted octanol–water partition coefficient (Wildman–Crippen LogP) is 1.04. The van der Waals surface area contributed by atoms with Crippen LogP contribution in [0, 0.1) is 12.3 Å². The van der Waals surface area contributed by atoms with Gasteiger partial charge in [0.1, 0.15) is 6.61 Å². The Morgan fingerprint density at radius 2 is 2.00 bits per heavy atom. The van der Waals surface area contributed by atoms with Gasteiger partial charge < -0.3 is 9.84 Å². The van der Waals surface area contributed by atoms with Crippen LogP contribution in [0.2, 0.25) is 0 Å². The summed E-state index contributed by atoms with van der Waals surface area (Å²) >= 11 is 0. The molecule has 0 aliphatic carbocycles. The summed E-state index contributed by atoms with van der Waals surface area (Å²) in [4.78, 5) is 10.7. The topological polar surface area (TPSA) is 101 Å². The van der Waals surface area contributed by atoms with E-state index >= 15 is 0 Å². The summed E-state index contributed by atoms with van der Waals surface area (Å²) in [6.45, 7) is 3.30. The number of esters is 1. The lowest BCUT2D eigenvalue weighted by Gasteiger charge is -2.07. The van der Waals surface area contributed by atoms with Crippen molar-refractivity contribution in [2.75, 3.05) is 6.61 Å². The fraction of sp³-hybridized carbons (Fsp3) is 0.462. The molecule has 20 heavy (non-hydrogen) atoms. The Labute approximate surface area is 118 Å². The number of allylic oxidation sites excluding steroid dienone is 2. The average Bonchev–Trinajstić information content (AvgIpc) is 2.36. The SMILES string of the molecule is C#CC(=O)OCC=C(C)CCC=C(C)C(O)S(=O)(=O)O. The molecule has 0 aliphatic rings. The number of aliphatic hydroxyl groups excluding tert-OH is 1. The zero-order valence-corrected chi connectivity index (χ0v) is 12.2. The second-order valence-electron chi connectivity index (χ2n) is 4.15. The minimum atomic E-state index is -4.48. The number of terminal acetylenes is 1. The molecule has 2 N–H and O–H groups in total. The first-order chi connectivity index (χ1) is 9.18. The predicted molar refractivity (Wildman–Crippen MR) is 74.1 cm³/mol. The zero-order chi connectivity index (χ0) is 15.8. The molecular weight excluding hydrogens is 284 g/mol. The van der Waals surface area contributed by atoms with Gasteiger partial charge >= 0.3 is 5.97 Å². The Kier molecular flexibility index (Phi) is 7.84. The third-order valence-corrected chi connectivity index (χ3v) is 3.38. The summed E-state index contributed by atoms with van der Waals surface area (Å²) in [6.07, 6.45) is 9.08. The van der Waals surface area contributed by atoms with Gasteiger partial charge in [0.05, 0.1) is 0 Å². The van der Waals surface area contributed by atoms with Crippen molar-refractivity contribution in [1.82, 2.24) is 0 Å². The van der Waals surface area contributed by atoms with Crippen molar-refractivity contribution < 1.29 is 27.6 Å². The van der Waals surface area contributed by atoms with Gasteiger partial charge in [0.15, 0.2) is 0 Å². The van der Waals surface area contributed by atoms with Crippen molar-refractivity contribution in [2.24, 2.45) is 0 Å². The molecule has 0 fully saturated rings. The van der Waals surface area contributed by atoms with Gasteiger partial charge in [-0.2, -0.15) is 8.42 Å². The molecule has 0 aromatic rings. The summed E-state index contributed by atoms with van der Waals surface area (Å²) < 4.78 is 34.7. The molecule has 0 rings (SSSR count). The molecule has 0 aromatic carbocycles.